The van der Waals surface area contributed by atoms with E-state index < -0.39 is 20.8 Å². The molecule has 6 rings (SSSR count). The number of carbonyl (C=O) groups is 2. The van der Waals surface area contributed by atoms with Gasteiger partial charge in [0.15, 0.2) is 0 Å². The van der Waals surface area contributed by atoms with E-state index in [0.29, 0.717) is 24.7 Å². The molecule has 6 aromatic rings. The summed E-state index contributed by atoms with van der Waals surface area (Å²) in [5, 5.41) is 10.3. The summed E-state index contributed by atoms with van der Waals surface area (Å²) in [6.45, 7) is 21.3. The van der Waals surface area contributed by atoms with Crippen LogP contribution >= 0.6 is 17.0 Å². The fourth-order valence-corrected chi connectivity index (χ4v) is 6.14. The first kappa shape index (κ1) is 45.0. The predicted octanol–water partition coefficient (Wildman–Crippen LogP) is 12.9. The third-order valence-electron chi connectivity index (χ3n) is 9.78. The van der Waals surface area contributed by atoms with Gasteiger partial charge < -0.3 is 10.5 Å². The molecule has 0 aromatic heterocycles. The van der Waals surface area contributed by atoms with Crippen molar-refractivity contribution < 1.29 is 30.4 Å². The summed E-state index contributed by atoms with van der Waals surface area (Å²) in [5.41, 5.74) is 13.8. The molecule has 2 amide bonds. The van der Waals surface area contributed by atoms with E-state index in [1.165, 1.54) is 84.7 Å². The molecular formula is C46H54BCl2N2O2Zr. The van der Waals surface area contributed by atoms with Crippen LogP contribution in [0.15, 0.2) is 97.1 Å². The third kappa shape index (κ3) is 12.3. The quantitative estimate of drug-likeness (QED) is 0.118. The first-order valence-electron chi connectivity index (χ1n) is 18.7. The second kappa shape index (κ2) is 22.2. The van der Waals surface area contributed by atoms with E-state index in [-0.39, 0.29) is 11.8 Å². The van der Waals surface area contributed by atoms with Gasteiger partial charge in [0.1, 0.15) is 0 Å². The van der Waals surface area contributed by atoms with Crippen molar-refractivity contribution in [1.29, 1.82) is 0 Å². The molecule has 0 saturated carbocycles. The van der Waals surface area contributed by atoms with Crippen LogP contribution in [-0.2, 0) is 30.4 Å². The second-order valence-corrected chi connectivity index (χ2v) is 17.8. The Labute approximate surface area is 343 Å². The van der Waals surface area contributed by atoms with Crippen LogP contribution in [0, 0.1) is 27.7 Å². The Kier molecular flexibility index (Phi) is 18.5. The first-order chi connectivity index (χ1) is 25.8. The zero-order chi connectivity index (χ0) is 39.9. The van der Waals surface area contributed by atoms with Crippen molar-refractivity contribution >= 4 is 57.9 Å². The maximum absolute atomic E-state index is 10.6. The number of rotatable bonds is 8. The first-order valence-corrected chi connectivity index (χ1v) is 25.0. The molecule has 1 radical (unpaired) electrons. The number of amides is 2. The van der Waals surface area contributed by atoms with Gasteiger partial charge in [-0.25, -0.2) is 0 Å². The fraction of sp³-hybridized carbons (Fsp3) is 0.304. The number of fused-ring (bicyclic) bond motifs is 2. The van der Waals surface area contributed by atoms with Gasteiger partial charge in [-0.2, -0.15) is 12.1 Å². The molecule has 0 spiro atoms. The van der Waals surface area contributed by atoms with E-state index in [4.69, 9.17) is 17.0 Å². The van der Waals surface area contributed by atoms with Crippen LogP contribution in [0.2, 0.25) is 0 Å². The van der Waals surface area contributed by atoms with E-state index >= 15 is 0 Å². The van der Waals surface area contributed by atoms with E-state index in [9.17, 15) is 9.59 Å². The van der Waals surface area contributed by atoms with Crippen LogP contribution < -0.4 is 10.5 Å². The van der Waals surface area contributed by atoms with Crippen molar-refractivity contribution in [3.63, 3.8) is 0 Å². The number of hydrogen-bond acceptors (Lipinski definition) is 2. The summed E-state index contributed by atoms with van der Waals surface area (Å²) in [6.07, 6.45) is 0.830. The Bertz CT molecular complexity index is 1980. The Morgan fingerprint density at radius 2 is 0.944 bits per heavy atom. The van der Waals surface area contributed by atoms with Crippen molar-refractivity contribution in [3.05, 3.63) is 130 Å². The average molecular weight is 840 g/mol. The normalized spacial score (nSPS) is 10.4. The topological polar surface area (TPSA) is 58.2 Å². The van der Waals surface area contributed by atoms with Gasteiger partial charge in [-0.1, -0.05) is 101 Å². The molecule has 0 aliphatic heterocycles. The summed E-state index contributed by atoms with van der Waals surface area (Å²) >= 11 is -0.826. The van der Waals surface area contributed by atoms with Crippen molar-refractivity contribution in [1.82, 2.24) is 10.5 Å². The molecule has 0 bridgehead atoms. The molecule has 8 heteroatoms. The van der Waals surface area contributed by atoms with Gasteiger partial charge in [0, 0.05) is 12.8 Å². The summed E-state index contributed by atoms with van der Waals surface area (Å²) in [5.74, 6) is 0.936. The van der Waals surface area contributed by atoms with E-state index in [1.807, 2.05) is 0 Å². The molecular weight excluding hydrogens is 785 g/mol. The zero-order valence-corrected chi connectivity index (χ0v) is 37.4. The zero-order valence-electron chi connectivity index (χ0n) is 33.5. The number of halogens is 2. The van der Waals surface area contributed by atoms with Crippen molar-refractivity contribution in [2.24, 2.45) is 0 Å². The van der Waals surface area contributed by atoms with Gasteiger partial charge in [0.05, 0.1) is 0 Å². The molecule has 0 saturated heterocycles. The molecule has 0 aliphatic carbocycles. The molecule has 0 atom stereocenters. The molecule has 281 valence electrons. The number of hydrogen-bond donors (Lipinski definition) is 2. The van der Waals surface area contributed by atoms with E-state index in [1.54, 1.807) is 13.8 Å². The molecule has 0 unspecified atom stereocenters. The van der Waals surface area contributed by atoms with Crippen LogP contribution in [0.4, 0.5) is 0 Å². The fourth-order valence-electron chi connectivity index (χ4n) is 6.14. The van der Waals surface area contributed by atoms with Crippen molar-refractivity contribution in [3.8, 4) is 22.3 Å². The Hall–Kier alpha value is -3.43. The number of nitrogens with one attached hydrogen (secondary N) is 2. The monoisotopic (exact) mass is 837 g/mol. The standard InChI is InChI=1S/2C20H21.C6H12BN2O2.2ClH.Zr/c2*1-13(2)17-11-16-8-6-10-19(20(16)12-17)18-9-5-7-14(3)15(18)4;1-3-5(10)8-7-9-6(11)4-2;;;/h2*5-13H,1-4H3;3-4H2,1-2H3,(H,8,10)(H,9,11);2*1H;/q2*-1;;;;+4/p-2. The number of aryl methyl sites for hydroxylation is 2. The Morgan fingerprint density at radius 1 is 0.611 bits per heavy atom. The second-order valence-electron chi connectivity index (χ2n) is 14.1. The number of carbonyl (C=O) groups excluding carboxylic acids is 2. The predicted molar refractivity (Wildman–Crippen MR) is 231 cm³/mol. The molecule has 0 heterocycles. The third-order valence-corrected chi connectivity index (χ3v) is 9.78. The van der Waals surface area contributed by atoms with Gasteiger partial charge in [-0.3, -0.25) is 9.59 Å². The van der Waals surface area contributed by atoms with Gasteiger partial charge in [0.25, 0.3) is 0 Å². The summed E-state index contributed by atoms with van der Waals surface area (Å²) in [6, 6.07) is 35.8. The molecule has 0 fully saturated rings. The molecule has 2 N–H and O–H groups in total. The van der Waals surface area contributed by atoms with Crippen LogP contribution in [0.25, 0.3) is 43.8 Å². The van der Waals surface area contributed by atoms with Gasteiger partial charge in [0.2, 0.25) is 11.8 Å². The average Bonchev–Trinajstić information content (AvgIpc) is 3.81. The van der Waals surface area contributed by atoms with E-state index in [2.05, 4.69) is 163 Å². The van der Waals surface area contributed by atoms with Crippen LogP contribution in [0.3, 0.4) is 0 Å². The summed E-state index contributed by atoms with van der Waals surface area (Å²) in [4.78, 5) is 21.2. The van der Waals surface area contributed by atoms with Crippen LogP contribution in [-0.4, -0.2) is 19.4 Å². The van der Waals surface area contributed by atoms with Crippen LogP contribution in [0.5, 0.6) is 0 Å². The van der Waals surface area contributed by atoms with E-state index in [0.717, 1.165) is 0 Å². The van der Waals surface area contributed by atoms with Gasteiger partial charge in [-0.05, 0) is 72.9 Å². The van der Waals surface area contributed by atoms with Crippen molar-refractivity contribution in [2.45, 2.75) is 93.9 Å². The Balaban J connectivity index is 0.000000219. The summed E-state index contributed by atoms with van der Waals surface area (Å²) < 4.78 is 0. The van der Waals surface area contributed by atoms with Crippen molar-refractivity contribution in [2.75, 3.05) is 0 Å². The maximum atomic E-state index is 10.6. The summed E-state index contributed by atoms with van der Waals surface area (Å²) in [7, 11) is 11.1. The Morgan fingerprint density at radius 3 is 1.28 bits per heavy atom. The molecule has 6 aromatic carbocycles. The van der Waals surface area contributed by atoms with Gasteiger partial charge >= 0.3 is 45.4 Å². The SMILES string of the molecule is CCC(=O)N[B]NC(=O)CC.Cc1cccc(-c2cccc3[cH-]c(C(C)C)cc23)c1C.Cc1cccc(-c2cccc3[cH-]c(C(C)C)cc23)c1C.[Cl][Zr+2][Cl]. The number of benzene rings is 4. The minimum absolute atomic E-state index is 0.110. The van der Waals surface area contributed by atoms with Crippen LogP contribution in [0.1, 0.15) is 99.6 Å². The van der Waals surface area contributed by atoms with Gasteiger partial charge in [-0.15, -0.1) is 69.1 Å². The molecule has 0 aliphatic rings. The molecule has 54 heavy (non-hydrogen) atoms. The molecule has 4 nitrogen and oxygen atoms in total. The minimum atomic E-state index is -0.826.